The Balaban J connectivity index is 0.000000194. The number of aldehydes is 1. The van der Waals surface area contributed by atoms with Crippen molar-refractivity contribution in [1.29, 1.82) is 10.5 Å². The second-order valence-corrected chi connectivity index (χ2v) is 17.2. The lowest BCUT2D eigenvalue weighted by molar-refractivity contribution is -0.136. The Bertz CT molecular complexity index is 3650. The fourth-order valence-corrected chi connectivity index (χ4v) is 7.89. The number of hydrogen-bond donors (Lipinski definition) is 2. The topological polar surface area (TPSA) is 177 Å². The molecule has 424 valence electrons. The zero-order valence-corrected chi connectivity index (χ0v) is 44.8. The Morgan fingerprint density at radius 1 is 0.440 bits per heavy atom. The number of anilines is 9. The molecule has 0 unspecified atom stereocenters. The quantitative estimate of drug-likeness (QED) is 0.0405. The normalized spacial score (nSPS) is 10.3. The third kappa shape index (κ3) is 17.1. The molecule has 9 aromatic carbocycles. The van der Waals surface area contributed by atoms with Gasteiger partial charge in [0, 0.05) is 74.9 Å². The van der Waals surface area contributed by atoms with Crippen LogP contribution in [0.4, 0.5) is 77.5 Å². The summed E-state index contributed by atoms with van der Waals surface area (Å²) in [6.45, 7) is 0. The van der Waals surface area contributed by atoms with E-state index in [1.807, 2.05) is 34.1 Å². The summed E-state index contributed by atoms with van der Waals surface area (Å²) in [4.78, 5) is 37.1. The Hall–Kier alpha value is -11.3. The van der Waals surface area contributed by atoms with Crippen molar-refractivity contribution in [3.05, 3.63) is 258 Å². The van der Waals surface area contributed by atoms with Crippen molar-refractivity contribution < 1.29 is 65.1 Å². The van der Waals surface area contributed by atoms with Crippen LogP contribution >= 0.6 is 0 Å². The predicted octanol–water partition coefficient (Wildman–Crippen LogP) is 16.1. The third-order valence-corrected chi connectivity index (χ3v) is 11.8. The first kappa shape index (κ1) is 61.9. The molecular weight excluding hydrogens is 1090 g/mol. The lowest BCUT2D eigenvalue weighted by atomic mass is 10.1. The smallest absolute Gasteiger partial charge is 0.346 e. The van der Waals surface area contributed by atoms with E-state index in [0.717, 1.165) is 17.1 Å². The maximum Gasteiger partial charge on any atom is 0.346 e. The maximum atomic E-state index is 13.4. The SMILES string of the molecule is COc1cc(N(c2ccc(F)cc2)c2ccc(F)cc2)ccc1/C=C(\C#N)C(=O)O.COc1cc(N(c2ccc(F)cc2)c2ccc(F)cc2)ccc1C=O.COc1cccc(N(c2ccc(F)cc2)c2ccc(F)cc2)c1.N#CCC(=O)O. The van der Waals surface area contributed by atoms with Crippen molar-refractivity contribution in [2.45, 2.75) is 6.42 Å². The molecule has 0 aromatic heterocycles. The van der Waals surface area contributed by atoms with Crippen molar-refractivity contribution in [1.82, 2.24) is 0 Å². The molecular formula is C65H49F6N5O8. The largest absolute Gasteiger partial charge is 0.497 e. The first-order valence-electron chi connectivity index (χ1n) is 24.8. The van der Waals surface area contributed by atoms with E-state index in [1.165, 1.54) is 99.2 Å². The molecule has 0 aliphatic carbocycles. The van der Waals surface area contributed by atoms with Gasteiger partial charge in [0.05, 0.1) is 33.0 Å². The summed E-state index contributed by atoms with van der Waals surface area (Å²) in [6, 6.07) is 56.4. The van der Waals surface area contributed by atoms with Crippen molar-refractivity contribution in [2.24, 2.45) is 0 Å². The molecule has 0 saturated carbocycles. The van der Waals surface area contributed by atoms with E-state index >= 15 is 0 Å². The molecule has 0 radical (unpaired) electrons. The molecule has 0 aliphatic rings. The minimum Gasteiger partial charge on any atom is -0.497 e. The van der Waals surface area contributed by atoms with Crippen LogP contribution in [-0.2, 0) is 9.59 Å². The number of nitriles is 2. The van der Waals surface area contributed by atoms with Gasteiger partial charge >= 0.3 is 11.9 Å². The van der Waals surface area contributed by atoms with Crippen LogP contribution in [-0.4, -0.2) is 49.8 Å². The molecule has 0 saturated heterocycles. The molecule has 19 heteroatoms. The zero-order chi connectivity index (χ0) is 60.7. The van der Waals surface area contributed by atoms with Crippen molar-refractivity contribution >= 4 is 75.5 Å². The number of halogens is 6. The molecule has 0 atom stereocenters. The Labute approximate surface area is 479 Å². The van der Waals surface area contributed by atoms with Gasteiger partial charge in [-0.15, -0.1) is 0 Å². The summed E-state index contributed by atoms with van der Waals surface area (Å²) < 4.78 is 95.8. The number of benzene rings is 9. The fourth-order valence-electron chi connectivity index (χ4n) is 7.89. The van der Waals surface area contributed by atoms with Crippen molar-refractivity contribution in [2.75, 3.05) is 36.0 Å². The van der Waals surface area contributed by atoms with Crippen molar-refractivity contribution in [3.63, 3.8) is 0 Å². The summed E-state index contributed by atoms with van der Waals surface area (Å²) in [5.41, 5.74) is 6.69. The van der Waals surface area contributed by atoms with Crippen LogP contribution in [0.5, 0.6) is 17.2 Å². The van der Waals surface area contributed by atoms with E-state index in [0.29, 0.717) is 68.8 Å². The lowest BCUT2D eigenvalue weighted by Gasteiger charge is -2.26. The van der Waals surface area contributed by atoms with Gasteiger partial charge in [0.15, 0.2) is 6.29 Å². The van der Waals surface area contributed by atoms with E-state index in [9.17, 15) is 40.7 Å². The molecule has 9 aromatic rings. The average Bonchev–Trinajstić information content (AvgIpc) is 3.26. The van der Waals surface area contributed by atoms with Gasteiger partial charge in [-0.25, -0.2) is 31.1 Å². The highest BCUT2D eigenvalue weighted by atomic mass is 19.1. The summed E-state index contributed by atoms with van der Waals surface area (Å²) in [5, 5.41) is 33.4. The van der Waals surface area contributed by atoms with Gasteiger partial charge in [-0.1, -0.05) is 6.07 Å². The van der Waals surface area contributed by atoms with E-state index in [-0.39, 0.29) is 23.3 Å². The molecule has 9 rings (SSSR count). The van der Waals surface area contributed by atoms with Crippen LogP contribution in [0.15, 0.2) is 212 Å². The molecule has 0 spiro atoms. The number of carbonyl (C=O) groups is 3. The number of carboxylic acids is 2. The number of aliphatic carboxylic acids is 2. The molecule has 0 fully saturated rings. The first-order valence-corrected chi connectivity index (χ1v) is 24.8. The highest BCUT2D eigenvalue weighted by Gasteiger charge is 2.19. The minimum atomic E-state index is -1.34. The van der Waals surface area contributed by atoms with Crippen LogP contribution in [0.2, 0.25) is 0 Å². The molecule has 84 heavy (non-hydrogen) atoms. The van der Waals surface area contributed by atoms with E-state index in [4.69, 9.17) is 34.9 Å². The molecule has 0 heterocycles. The highest BCUT2D eigenvalue weighted by molar-refractivity contribution is 5.97. The van der Waals surface area contributed by atoms with Crippen LogP contribution in [0.1, 0.15) is 22.3 Å². The second kappa shape index (κ2) is 30.3. The van der Waals surface area contributed by atoms with Crippen LogP contribution in [0, 0.1) is 57.6 Å². The number of carboxylic acid groups (broad SMARTS) is 2. The van der Waals surface area contributed by atoms with Crippen LogP contribution in [0.3, 0.4) is 0 Å². The van der Waals surface area contributed by atoms with Gasteiger partial charge in [-0.05, 0) is 188 Å². The van der Waals surface area contributed by atoms with Gasteiger partial charge in [-0.3, -0.25) is 9.59 Å². The zero-order valence-electron chi connectivity index (χ0n) is 44.8. The number of carbonyl (C=O) groups excluding carboxylic acids is 1. The maximum absolute atomic E-state index is 13.4. The Kier molecular flexibility index (Phi) is 22.3. The van der Waals surface area contributed by atoms with Gasteiger partial charge in [-0.2, -0.15) is 10.5 Å². The highest BCUT2D eigenvalue weighted by Crippen LogP contribution is 2.40. The predicted molar refractivity (Wildman–Crippen MR) is 307 cm³/mol. The average molecular weight is 1140 g/mol. The Morgan fingerprint density at radius 2 is 0.750 bits per heavy atom. The van der Waals surface area contributed by atoms with Crippen LogP contribution < -0.4 is 28.9 Å². The molecule has 2 N–H and O–H groups in total. The summed E-state index contributed by atoms with van der Waals surface area (Å²) in [6.07, 6.45) is 1.52. The fraction of sp³-hybridized carbons (Fsp3) is 0.0615. The number of methoxy groups -OCH3 is 3. The number of hydrogen-bond acceptors (Lipinski definition) is 11. The lowest BCUT2D eigenvalue weighted by Crippen LogP contribution is -2.10. The second-order valence-electron chi connectivity index (χ2n) is 17.2. The number of ether oxygens (including phenoxy) is 3. The first-order chi connectivity index (χ1) is 40.5. The number of rotatable bonds is 16. The monoisotopic (exact) mass is 1140 g/mol. The molecule has 0 bridgehead atoms. The molecule has 13 nitrogen and oxygen atoms in total. The summed E-state index contributed by atoms with van der Waals surface area (Å²) in [5.74, 6) is -3.07. The standard InChI is InChI=1S/C23H16F2N2O3.C20H15F2NO2.C19H15F2NO.C3H3NO2/c1-30-22-13-21(7-2-15(22)12-16(14-26)23(28)29)27(19-8-3-17(24)4-9-19)20-10-5-18(25)6-11-20;1-25-20-12-19(7-2-14(20)13-24)23(17-8-3-15(21)4-9-17)18-10-5-16(22)6-11-18;1-23-19-4-2-3-18(13-19)22(16-9-5-14(20)6-10-16)17-11-7-15(21)8-12-17;4-2-1-3(5)6/h2-13H,1H3,(H,28,29);2-13H,1H3;2-13H,1H3;1H2,(H,5,6)/b16-12+;;;. The third-order valence-electron chi connectivity index (χ3n) is 11.8. The van der Waals surface area contributed by atoms with Gasteiger partial charge in [0.1, 0.15) is 70.2 Å². The Morgan fingerprint density at radius 3 is 1.01 bits per heavy atom. The summed E-state index contributed by atoms with van der Waals surface area (Å²) >= 11 is 0. The van der Waals surface area contributed by atoms with Crippen LogP contribution in [0.25, 0.3) is 6.08 Å². The van der Waals surface area contributed by atoms with Gasteiger partial charge in [0.25, 0.3) is 0 Å². The molecule has 0 amide bonds. The molecule has 0 aliphatic heterocycles. The van der Waals surface area contributed by atoms with E-state index < -0.39 is 35.6 Å². The van der Waals surface area contributed by atoms with E-state index in [2.05, 4.69) is 0 Å². The summed E-state index contributed by atoms with van der Waals surface area (Å²) in [7, 11) is 4.49. The minimum absolute atomic E-state index is 0.307. The van der Waals surface area contributed by atoms with Gasteiger partial charge in [0.2, 0.25) is 0 Å². The van der Waals surface area contributed by atoms with Crippen molar-refractivity contribution in [3.8, 4) is 29.4 Å². The van der Waals surface area contributed by atoms with E-state index in [1.54, 1.807) is 127 Å². The van der Waals surface area contributed by atoms with Gasteiger partial charge < -0.3 is 39.1 Å². The number of nitrogens with zero attached hydrogens (tertiary/aromatic N) is 5.